The van der Waals surface area contributed by atoms with Crippen molar-refractivity contribution in [1.82, 2.24) is 15.2 Å². The van der Waals surface area contributed by atoms with Crippen molar-refractivity contribution in [3.05, 3.63) is 54.4 Å². The highest BCUT2D eigenvalue weighted by atomic mass is 16.2. The number of carbonyl (C=O) groups excluding carboxylic acids is 2. The Bertz CT molecular complexity index is 791. The van der Waals surface area contributed by atoms with E-state index in [9.17, 15) is 9.59 Å². The van der Waals surface area contributed by atoms with Gasteiger partial charge in [0, 0.05) is 39.0 Å². The molecule has 1 saturated heterocycles. The Morgan fingerprint density at radius 1 is 1.19 bits per heavy atom. The van der Waals surface area contributed by atoms with Crippen molar-refractivity contribution in [2.24, 2.45) is 5.41 Å². The summed E-state index contributed by atoms with van der Waals surface area (Å²) in [6, 6.07) is 12.1. The van der Waals surface area contributed by atoms with Crippen LogP contribution in [-0.4, -0.2) is 41.8 Å². The van der Waals surface area contributed by atoms with Crippen molar-refractivity contribution < 1.29 is 9.59 Å². The van der Waals surface area contributed by atoms with Crippen LogP contribution in [-0.2, 0) is 16.0 Å². The fourth-order valence-electron chi connectivity index (χ4n) is 3.84. The maximum Gasteiger partial charge on any atom is 0.228 e. The highest BCUT2D eigenvalue weighted by molar-refractivity contribution is 5.86. The lowest BCUT2D eigenvalue weighted by atomic mass is 9.78. The molecular weight excluding hydrogens is 326 g/mol. The van der Waals surface area contributed by atoms with E-state index in [4.69, 9.17) is 0 Å². The SMILES string of the molecule is CCC(=O)N1CCC(Cc2ccccc2-c2ccncc2)(C(=O)NC)C1. The first-order valence-electron chi connectivity index (χ1n) is 9.08. The lowest BCUT2D eigenvalue weighted by Crippen LogP contribution is -2.44. The predicted octanol–water partition coefficient (Wildman–Crippen LogP) is 2.67. The van der Waals surface area contributed by atoms with Crippen molar-refractivity contribution in [3.8, 4) is 11.1 Å². The number of carbonyl (C=O) groups is 2. The number of pyridine rings is 1. The zero-order chi connectivity index (χ0) is 18.6. The molecule has 2 aromatic rings. The van der Waals surface area contributed by atoms with Gasteiger partial charge < -0.3 is 10.2 Å². The average Bonchev–Trinajstić information content (AvgIpc) is 3.13. The van der Waals surface area contributed by atoms with Crippen LogP contribution in [0.3, 0.4) is 0 Å². The van der Waals surface area contributed by atoms with Crippen molar-refractivity contribution in [3.63, 3.8) is 0 Å². The quantitative estimate of drug-likeness (QED) is 0.901. The Kier molecular flexibility index (Phi) is 5.35. The molecule has 1 aliphatic heterocycles. The molecule has 0 bridgehead atoms. The third-order valence-corrected chi connectivity index (χ3v) is 5.26. The number of likely N-dealkylation sites (tertiary alicyclic amines) is 1. The second-order valence-electron chi connectivity index (χ2n) is 6.85. The maximum atomic E-state index is 12.8. The minimum atomic E-state index is -0.581. The van der Waals surface area contributed by atoms with E-state index in [1.165, 1.54) is 0 Å². The molecule has 1 unspecified atom stereocenters. The Balaban J connectivity index is 1.95. The van der Waals surface area contributed by atoms with Gasteiger partial charge in [-0.1, -0.05) is 31.2 Å². The molecule has 1 atom stereocenters. The zero-order valence-corrected chi connectivity index (χ0v) is 15.4. The summed E-state index contributed by atoms with van der Waals surface area (Å²) in [5.41, 5.74) is 2.73. The summed E-state index contributed by atoms with van der Waals surface area (Å²) in [6.07, 6.45) is 5.31. The molecule has 1 aromatic heterocycles. The number of hydrogen-bond acceptors (Lipinski definition) is 3. The van der Waals surface area contributed by atoms with Gasteiger partial charge in [0.2, 0.25) is 11.8 Å². The van der Waals surface area contributed by atoms with Crippen LogP contribution in [0.4, 0.5) is 0 Å². The maximum absolute atomic E-state index is 12.8. The van der Waals surface area contributed by atoms with Gasteiger partial charge in [-0.05, 0) is 41.7 Å². The van der Waals surface area contributed by atoms with Gasteiger partial charge in [0.1, 0.15) is 0 Å². The summed E-state index contributed by atoms with van der Waals surface area (Å²) in [4.78, 5) is 30.8. The van der Waals surface area contributed by atoms with Gasteiger partial charge in [-0.3, -0.25) is 14.6 Å². The van der Waals surface area contributed by atoms with Crippen LogP contribution in [0.2, 0.25) is 0 Å². The van der Waals surface area contributed by atoms with E-state index in [0.717, 1.165) is 16.7 Å². The molecule has 5 heteroatoms. The lowest BCUT2D eigenvalue weighted by molar-refractivity contribution is -0.132. The molecular formula is C21H25N3O2. The van der Waals surface area contributed by atoms with Crippen LogP contribution < -0.4 is 5.32 Å². The van der Waals surface area contributed by atoms with E-state index in [0.29, 0.717) is 32.4 Å². The molecule has 1 aliphatic rings. The molecule has 136 valence electrons. The number of aromatic nitrogens is 1. The first-order valence-corrected chi connectivity index (χ1v) is 9.08. The van der Waals surface area contributed by atoms with Crippen LogP contribution >= 0.6 is 0 Å². The van der Waals surface area contributed by atoms with Crippen LogP contribution in [0.5, 0.6) is 0 Å². The molecule has 3 rings (SSSR count). The summed E-state index contributed by atoms with van der Waals surface area (Å²) >= 11 is 0. The van der Waals surface area contributed by atoms with Crippen LogP contribution in [0.1, 0.15) is 25.3 Å². The predicted molar refractivity (Wildman–Crippen MR) is 101 cm³/mol. The molecule has 2 heterocycles. The summed E-state index contributed by atoms with van der Waals surface area (Å²) in [6.45, 7) is 2.97. The Labute approximate surface area is 154 Å². The zero-order valence-electron chi connectivity index (χ0n) is 15.4. The molecule has 1 N–H and O–H groups in total. The smallest absolute Gasteiger partial charge is 0.228 e. The van der Waals surface area contributed by atoms with Crippen LogP contribution in [0, 0.1) is 5.41 Å². The molecule has 26 heavy (non-hydrogen) atoms. The normalized spacial score (nSPS) is 19.4. The van der Waals surface area contributed by atoms with Gasteiger partial charge in [-0.2, -0.15) is 0 Å². The second kappa shape index (κ2) is 7.68. The van der Waals surface area contributed by atoms with Crippen molar-refractivity contribution in [2.45, 2.75) is 26.2 Å². The Morgan fingerprint density at radius 3 is 2.62 bits per heavy atom. The summed E-state index contributed by atoms with van der Waals surface area (Å²) in [5.74, 6) is 0.117. The lowest BCUT2D eigenvalue weighted by Gasteiger charge is -2.28. The minimum absolute atomic E-state index is 0.00781. The Morgan fingerprint density at radius 2 is 1.92 bits per heavy atom. The molecule has 0 spiro atoms. The minimum Gasteiger partial charge on any atom is -0.359 e. The van der Waals surface area contributed by atoms with Crippen molar-refractivity contribution in [2.75, 3.05) is 20.1 Å². The van der Waals surface area contributed by atoms with Gasteiger partial charge >= 0.3 is 0 Å². The first-order chi connectivity index (χ1) is 12.6. The van der Waals surface area contributed by atoms with E-state index < -0.39 is 5.41 Å². The van der Waals surface area contributed by atoms with E-state index in [1.807, 2.05) is 36.1 Å². The van der Waals surface area contributed by atoms with E-state index in [-0.39, 0.29) is 11.8 Å². The van der Waals surface area contributed by atoms with Crippen LogP contribution in [0.25, 0.3) is 11.1 Å². The van der Waals surface area contributed by atoms with E-state index >= 15 is 0 Å². The van der Waals surface area contributed by atoms with Crippen molar-refractivity contribution >= 4 is 11.8 Å². The topological polar surface area (TPSA) is 62.3 Å². The standard InChI is InChI=1S/C21H25N3O2/c1-3-19(25)24-13-10-21(15-24,20(26)22-2)14-17-6-4-5-7-18(17)16-8-11-23-12-9-16/h4-9,11-12H,3,10,13-15H2,1-2H3,(H,22,26). The fourth-order valence-corrected chi connectivity index (χ4v) is 3.84. The van der Waals surface area contributed by atoms with Gasteiger partial charge in [0.05, 0.1) is 5.41 Å². The van der Waals surface area contributed by atoms with Crippen molar-refractivity contribution in [1.29, 1.82) is 0 Å². The fraction of sp³-hybridized carbons (Fsp3) is 0.381. The second-order valence-corrected chi connectivity index (χ2v) is 6.85. The molecule has 0 saturated carbocycles. The summed E-state index contributed by atoms with van der Waals surface area (Å²) in [7, 11) is 1.67. The number of rotatable bonds is 5. The summed E-state index contributed by atoms with van der Waals surface area (Å²) in [5, 5.41) is 2.82. The third kappa shape index (κ3) is 3.47. The largest absolute Gasteiger partial charge is 0.359 e. The number of hydrogen-bond donors (Lipinski definition) is 1. The number of amides is 2. The van der Waals surface area contributed by atoms with Gasteiger partial charge in [-0.15, -0.1) is 0 Å². The first kappa shape index (κ1) is 18.1. The summed E-state index contributed by atoms with van der Waals surface area (Å²) < 4.78 is 0. The van der Waals surface area contributed by atoms with Gasteiger partial charge in [-0.25, -0.2) is 0 Å². The monoisotopic (exact) mass is 351 g/mol. The van der Waals surface area contributed by atoms with Gasteiger partial charge in [0.15, 0.2) is 0 Å². The third-order valence-electron chi connectivity index (χ3n) is 5.26. The molecule has 1 aromatic carbocycles. The van der Waals surface area contributed by atoms with E-state index in [1.54, 1.807) is 19.4 Å². The van der Waals surface area contributed by atoms with Gasteiger partial charge in [0.25, 0.3) is 0 Å². The average molecular weight is 351 g/mol. The molecule has 5 nitrogen and oxygen atoms in total. The van der Waals surface area contributed by atoms with E-state index in [2.05, 4.69) is 22.4 Å². The molecule has 1 fully saturated rings. The number of benzene rings is 1. The van der Waals surface area contributed by atoms with Crippen LogP contribution in [0.15, 0.2) is 48.8 Å². The Hall–Kier alpha value is -2.69. The molecule has 2 amide bonds. The number of nitrogens with zero attached hydrogens (tertiary/aromatic N) is 2. The molecule has 0 radical (unpaired) electrons. The molecule has 0 aliphatic carbocycles. The highest BCUT2D eigenvalue weighted by Gasteiger charge is 2.45. The number of nitrogens with one attached hydrogen (secondary N) is 1. The highest BCUT2D eigenvalue weighted by Crippen LogP contribution is 2.37.